The number of benzene rings is 1. The standard InChI is InChI=1S/C16H22N4O/c1-12(17-9-7-15-8-10-20(3)19-15)14-5-4-6-16(11-14)18-13(2)21/h4-6,8,10-12,17H,7,9H2,1-3H3,(H,18,21). The van der Waals surface area contributed by atoms with Crippen molar-refractivity contribution >= 4 is 11.6 Å². The summed E-state index contributed by atoms with van der Waals surface area (Å²) in [6.45, 7) is 4.50. The van der Waals surface area contributed by atoms with Crippen LogP contribution in [0, 0.1) is 0 Å². The molecule has 1 heterocycles. The lowest BCUT2D eigenvalue weighted by molar-refractivity contribution is -0.114. The monoisotopic (exact) mass is 286 g/mol. The molecular formula is C16H22N4O. The lowest BCUT2D eigenvalue weighted by Gasteiger charge is -2.15. The molecule has 1 aromatic heterocycles. The molecule has 1 aromatic carbocycles. The first-order valence-electron chi connectivity index (χ1n) is 7.14. The van der Waals surface area contributed by atoms with Crippen molar-refractivity contribution < 1.29 is 4.79 Å². The van der Waals surface area contributed by atoms with Gasteiger partial charge < -0.3 is 10.6 Å². The molecule has 1 unspecified atom stereocenters. The second kappa shape index (κ2) is 7.04. The number of rotatable bonds is 6. The summed E-state index contributed by atoms with van der Waals surface area (Å²) >= 11 is 0. The molecule has 1 atom stereocenters. The van der Waals surface area contributed by atoms with Crippen LogP contribution in [0.5, 0.6) is 0 Å². The van der Waals surface area contributed by atoms with Crippen molar-refractivity contribution in [2.24, 2.45) is 7.05 Å². The lowest BCUT2D eigenvalue weighted by atomic mass is 10.1. The Morgan fingerprint density at radius 3 is 2.86 bits per heavy atom. The van der Waals surface area contributed by atoms with Gasteiger partial charge in [-0.15, -0.1) is 0 Å². The van der Waals surface area contributed by atoms with E-state index in [1.807, 2.05) is 42.2 Å². The molecule has 0 fully saturated rings. The summed E-state index contributed by atoms with van der Waals surface area (Å²) in [5.41, 5.74) is 3.07. The molecule has 0 aliphatic heterocycles. The zero-order valence-corrected chi connectivity index (χ0v) is 12.8. The molecule has 1 amide bonds. The van der Waals surface area contributed by atoms with Gasteiger partial charge in [0, 0.05) is 44.9 Å². The average molecular weight is 286 g/mol. The van der Waals surface area contributed by atoms with Gasteiger partial charge in [0.25, 0.3) is 0 Å². The molecule has 0 aliphatic rings. The van der Waals surface area contributed by atoms with Crippen molar-refractivity contribution in [2.45, 2.75) is 26.3 Å². The first-order valence-corrected chi connectivity index (χ1v) is 7.14. The predicted molar refractivity (Wildman–Crippen MR) is 84.1 cm³/mol. The summed E-state index contributed by atoms with van der Waals surface area (Å²) in [5, 5.41) is 10.6. The van der Waals surface area contributed by atoms with Gasteiger partial charge in [0.2, 0.25) is 5.91 Å². The zero-order valence-electron chi connectivity index (χ0n) is 12.8. The van der Waals surface area contributed by atoms with E-state index in [2.05, 4.69) is 28.7 Å². The van der Waals surface area contributed by atoms with E-state index in [0.717, 1.165) is 29.9 Å². The Kier molecular flexibility index (Phi) is 5.11. The molecule has 0 saturated carbocycles. The smallest absolute Gasteiger partial charge is 0.221 e. The van der Waals surface area contributed by atoms with Gasteiger partial charge in [-0.2, -0.15) is 5.10 Å². The van der Waals surface area contributed by atoms with Crippen LogP contribution in [-0.2, 0) is 18.3 Å². The Bertz CT molecular complexity index is 606. The number of amides is 1. The minimum atomic E-state index is -0.0529. The summed E-state index contributed by atoms with van der Waals surface area (Å²) in [5.74, 6) is -0.0529. The molecule has 2 aromatic rings. The van der Waals surface area contributed by atoms with E-state index in [-0.39, 0.29) is 11.9 Å². The minimum Gasteiger partial charge on any atom is -0.326 e. The number of hydrogen-bond donors (Lipinski definition) is 2. The third-order valence-corrected chi connectivity index (χ3v) is 3.31. The minimum absolute atomic E-state index is 0.0529. The van der Waals surface area contributed by atoms with Crippen molar-refractivity contribution in [3.63, 3.8) is 0 Å². The molecule has 21 heavy (non-hydrogen) atoms. The molecule has 112 valence electrons. The molecular weight excluding hydrogens is 264 g/mol. The molecule has 2 N–H and O–H groups in total. The van der Waals surface area contributed by atoms with Gasteiger partial charge in [-0.1, -0.05) is 12.1 Å². The van der Waals surface area contributed by atoms with Crippen molar-refractivity contribution in [1.29, 1.82) is 0 Å². The summed E-state index contributed by atoms with van der Waals surface area (Å²) in [7, 11) is 1.92. The maximum absolute atomic E-state index is 11.1. The van der Waals surface area contributed by atoms with E-state index in [1.165, 1.54) is 6.92 Å². The Balaban J connectivity index is 1.87. The Morgan fingerprint density at radius 1 is 1.38 bits per heavy atom. The van der Waals surface area contributed by atoms with Gasteiger partial charge >= 0.3 is 0 Å². The van der Waals surface area contributed by atoms with E-state index >= 15 is 0 Å². The van der Waals surface area contributed by atoms with E-state index in [4.69, 9.17) is 0 Å². The first-order chi connectivity index (χ1) is 10.0. The second-order valence-corrected chi connectivity index (χ2v) is 5.21. The fraction of sp³-hybridized carbons (Fsp3) is 0.375. The van der Waals surface area contributed by atoms with E-state index in [1.54, 1.807) is 0 Å². The number of hydrogen-bond acceptors (Lipinski definition) is 3. The molecule has 0 aliphatic carbocycles. The largest absolute Gasteiger partial charge is 0.326 e. The SMILES string of the molecule is CC(=O)Nc1cccc(C(C)NCCc2ccn(C)n2)c1. The number of aromatic nitrogens is 2. The normalized spacial score (nSPS) is 12.1. The van der Waals surface area contributed by atoms with Gasteiger partial charge in [0.15, 0.2) is 0 Å². The Morgan fingerprint density at radius 2 is 2.19 bits per heavy atom. The van der Waals surface area contributed by atoms with Gasteiger partial charge in [0.1, 0.15) is 0 Å². The highest BCUT2D eigenvalue weighted by atomic mass is 16.1. The number of nitrogens with one attached hydrogen (secondary N) is 2. The quantitative estimate of drug-likeness (QED) is 0.856. The van der Waals surface area contributed by atoms with Crippen LogP contribution in [0.3, 0.4) is 0 Å². The van der Waals surface area contributed by atoms with Crippen LogP contribution in [0.25, 0.3) is 0 Å². The molecule has 0 saturated heterocycles. The number of nitrogens with zero attached hydrogens (tertiary/aromatic N) is 2. The molecule has 0 spiro atoms. The Hall–Kier alpha value is -2.14. The molecule has 0 radical (unpaired) electrons. The number of anilines is 1. The summed E-state index contributed by atoms with van der Waals surface area (Å²) in [6.07, 6.45) is 2.85. The van der Waals surface area contributed by atoms with Crippen LogP contribution in [-0.4, -0.2) is 22.2 Å². The highest BCUT2D eigenvalue weighted by Gasteiger charge is 2.06. The zero-order chi connectivity index (χ0) is 15.2. The maximum Gasteiger partial charge on any atom is 0.221 e. The van der Waals surface area contributed by atoms with Crippen LogP contribution in [0.4, 0.5) is 5.69 Å². The van der Waals surface area contributed by atoms with Crippen LogP contribution < -0.4 is 10.6 Å². The van der Waals surface area contributed by atoms with Crippen LogP contribution >= 0.6 is 0 Å². The lowest BCUT2D eigenvalue weighted by Crippen LogP contribution is -2.21. The van der Waals surface area contributed by atoms with E-state index in [0.29, 0.717) is 0 Å². The van der Waals surface area contributed by atoms with E-state index in [9.17, 15) is 4.79 Å². The van der Waals surface area contributed by atoms with Crippen LogP contribution in [0.1, 0.15) is 31.1 Å². The second-order valence-electron chi connectivity index (χ2n) is 5.21. The highest BCUT2D eigenvalue weighted by Crippen LogP contribution is 2.17. The van der Waals surface area contributed by atoms with Gasteiger partial charge in [0.05, 0.1) is 5.69 Å². The maximum atomic E-state index is 11.1. The molecule has 5 heteroatoms. The fourth-order valence-corrected chi connectivity index (χ4v) is 2.22. The van der Waals surface area contributed by atoms with Crippen LogP contribution in [0.2, 0.25) is 0 Å². The van der Waals surface area contributed by atoms with Crippen molar-refractivity contribution in [3.8, 4) is 0 Å². The van der Waals surface area contributed by atoms with Crippen molar-refractivity contribution in [3.05, 3.63) is 47.8 Å². The first kappa shape index (κ1) is 15.3. The third kappa shape index (κ3) is 4.72. The Labute approximate surface area is 125 Å². The predicted octanol–water partition coefficient (Wildman–Crippen LogP) is 2.27. The number of carbonyl (C=O) groups excluding carboxylic acids is 1. The van der Waals surface area contributed by atoms with Crippen molar-refractivity contribution in [2.75, 3.05) is 11.9 Å². The molecule has 2 rings (SSSR count). The topological polar surface area (TPSA) is 59.0 Å². The summed E-state index contributed by atoms with van der Waals surface area (Å²) < 4.78 is 1.82. The van der Waals surface area contributed by atoms with Crippen LogP contribution in [0.15, 0.2) is 36.5 Å². The van der Waals surface area contributed by atoms with Gasteiger partial charge in [-0.3, -0.25) is 9.48 Å². The molecule has 5 nitrogen and oxygen atoms in total. The summed E-state index contributed by atoms with van der Waals surface area (Å²) in [6, 6.07) is 10.2. The van der Waals surface area contributed by atoms with Gasteiger partial charge in [-0.05, 0) is 30.7 Å². The highest BCUT2D eigenvalue weighted by molar-refractivity contribution is 5.88. The average Bonchev–Trinajstić information content (AvgIpc) is 2.84. The molecule has 0 bridgehead atoms. The van der Waals surface area contributed by atoms with Gasteiger partial charge in [-0.25, -0.2) is 0 Å². The number of carbonyl (C=O) groups is 1. The van der Waals surface area contributed by atoms with Crippen molar-refractivity contribution in [1.82, 2.24) is 15.1 Å². The number of aryl methyl sites for hydroxylation is 1. The third-order valence-electron chi connectivity index (χ3n) is 3.31. The van der Waals surface area contributed by atoms with E-state index < -0.39 is 0 Å². The fourth-order valence-electron chi connectivity index (χ4n) is 2.22. The summed E-state index contributed by atoms with van der Waals surface area (Å²) in [4.78, 5) is 11.1.